The average molecular weight is 369 g/mol. The molecule has 1 aliphatic heterocycles. The van der Waals surface area contributed by atoms with Gasteiger partial charge in [0.15, 0.2) is 5.13 Å². The normalized spacial score (nSPS) is 14.9. The molecule has 134 valence electrons. The molecule has 0 N–H and O–H groups in total. The lowest BCUT2D eigenvalue weighted by molar-refractivity contribution is 0.0746. The van der Waals surface area contributed by atoms with Gasteiger partial charge >= 0.3 is 0 Å². The third-order valence-corrected chi connectivity index (χ3v) is 6.00. The van der Waals surface area contributed by atoms with E-state index in [2.05, 4.69) is 30.9 Å². The molecule has 0 spiro atoms. The van der Waals surface area contributed by atoms with Crippen molar-refractivity contribution in [1.82, 2.24) is 9.88 Å². The Morgan fingerprint density at radius 1 is 1.08 bits per heavy atom. The Morgan fingerprint density at radius 2 is 1.77 bits per heavy atom. The molecule has 2 heterocycles. The number of amides is 1. The summed E-state index contributed by atoms with van der Waals surface area (Å²) in [5, 5.41) is 1.02. The van der Waals surface area contributed by atoms with Gasteiger partial charge in [0.2, 0.25) is 0 Å². The zero-order valence-corrected chi connectivity index (χ0v) is 15.6. The van der Waals surface area contributed by atoms with Gasteiger partial charge in [-0.1, -0.05) is 17.4 Å². The van der Waals surface area contributed by atoms with Crippen LogP contribution in [0.4, 0.5) is 9.52 Å². The Balaban J connectivity index is 1.47. The number of halogens is 1. The van der Waals surface area contributed by atoms with Crippen molar-refractivity contribution >= 4 is 32.6 Å². The van der Waals surface area contributed by atoms with Gasteiger partial charge in [0.25, 0.3) is 5.91 Å². The minimum atomic E-state index is -0.326. The maximum Gasteiger partial charge on any atom is 0.253 e. The molecule has 1 amide bonds. The third-order valence-electron chi connectivity index (χ3n) is 4.74. The number of anilines is 1. The molecule has 4 nitrogen and oxygen atoms in total. The molecule has 0 aliphatic carbocycles. The SMILES string of the molecule is Cc1cc(C)c2sc(N3CCN(C(=O)c4ccc(F)cc4)CC3)nc2c1. The Kier molecular flexibility index (Phi) is 4.36. The van der Waals surface area contributed by atoms with E-state index in [-0.39, 0.29) is 11.7 Å². The van der Waals surface area contributed by atoms with Gasteiger partial charge < -0.3 is 9.80 Å². The fourth-order valence-electron chi connectivity index (χ4n) is 3.38. The number of thiazole rings is 1. The van der Waals surface area contributed by atoms with Crippen LogP contribution in [0.5, 0.6) is 0 Å². The minimum Gasteiger partial charge on any atom is -0.345 e. The van der Waals surface area contributed by atoms with Crippen LogP contribution < -0.4 is 4.90 Å². The fourth-order valence-corrected chi connectivity index (χ4v) is 4.44. The number of aromatic nitrogens is 1. The summed E-state index contributed by atoms with van der Waals surface area (Å²) in [5.41, 5.74) is 4.06. The summed E-state index contributed by atoms with van der Waals surface area (Å²) >= 11 is 1.72. The van der Waals surface area contributed by atoms with Gasteiger partial charge in [0.1, 0.15) is 5.82 Å². The van der Waals surface area contributed by atoms with Crippen molar-refractivity contribution in [2.24, 2.45) is 0 Å². The molecule has 26 heavy (non-hydrogen) atoms. The first-order chi connectivity index (χ1) is 12.5. The number of benzene rings is 2. The monoisotopic (exact) mass is 369 g/mol. The van der Waals surface area contributed by atoms with Crippen molar-refractivity contribution < 1.29 is 9.18 Å². The molecular weight excluding hydrogens is 349 g/mol. The summed E-state index contributed by atoms with van der Waals surface area (Å²) in [6, 6.07) is 10.1. The van der Waals surface area contributed by atoms with Crippen LogP contribution in [-0.4, -0.2) is 42.0 Å². The molecule has 6 heteroatoms. The highest BCUT2D eigenvalue weighted by atomic mass is 32.1. The van der Waals surface area contributed by atoms with Crippen LogP contribution in [0.2, 0.25) is 0 Å². The summed E-state index contributed by atoms with van der Waals surface area (Å²) in [4.78, 5) is 21.4. The third kappa shape index (κ3) is 3.17. The first-order valence-electron chi connectivity index (χ1n) is 8.69. The smallest absolute Gasteiger partial charge is 0.253 e. The predicted molar refractivity (Wildman–Crippen MR) is 104 cm³/mol. The molecule has 0 bridgehead atoms. The number of fused-ring (bicyclic) bond motifs is 1. The highest BCUT2D eigenvalue weighted by Crippen LogP contribution is 2.32. The summed E-state index contributed by atoms with van der Waals surface area (Å²) in [7, 11) is 0. The van der Waals surface area contributed by atoms with Crippen molar-refractivity contribution in [3.05, 3.63) is 58.9 Å². The summed E-state index contributed by atoms with van der Waals surface area (Å²) in [6.07, 6.45) is 0. The zero-order valence-electron chi connectivity index (χ0n) is 14.8. The predicted octanol–water partition coefficient (Wildman–Crippen LogP) is 4.01. The van der Waals surface area contributed by atoms with Crippen molar-refractivity contribution in [3.8, 4) is 0 Å². The van der Waals surface area contributed by atoms with Gasteiger partial charge in [-0.25, -0.2) is 9.37 Å². The Morgan fingerprint density at radius 3 is 2.46 bits per heavy atom. The number of carbonyl (C=O) groups excluding carboxylic acids is 1. The Bertz CT molecular complexity index is 959. The second kappa shape index (κ2) is 6.68. The molecule has 1 aromatic heterocycles. The Labute approximate surface area is 155 Å². The number of nitrogens with zero attached hydrogens (tertiary/aromatic N) is 3. The second-order valence-electron chi connectivity index (χ2n) is 6.71. The minimum absolute atomic E-state index is 0.0413. The first-order valence-corrected chi connectivity index (χ1v) is 9.50. The molecule has 0 saturated carbocycles. The van der Waals surface area contributed by atoms with E-state index in [1.807, 2.05) is 4.90 Å². The molecule has 0 radical (unpaired) electrons. The topological polar surface area (TPSA) is 36.4 Å². The standard InChI is InChI=1S/C20H20FN3OS/c1-13-11-14(2)18-17(12-13)22-20(26-18)24-9-7-23(8-10-24)19(25)15-3-5-16(21)6-4-15/h3-6,11-12H,7-10H2,1-2H3. The van der Waals surface area contributed by atoms with Crippen LogP contribution in [-0.2, 0) is 0 Å². The lowest BCUT2D eigenvalue weighted by Gasteiger charge is -2.34. The maximum absolute atomic E-state index is 13.0. The number of carbonyl (C=O) groups is 1. The zero-order chi connectivity index (χ0) is 18.3. The highest BCUT2D eigenvalue weighted by Gasteiger charge is 2.24. The van der Waals surface area contributed by atoms with Crippen LogP contribution in [0.1, 0.15) is 21.5 Å². The molecule has 1 aliphatic rings. The molecule has 1 saturated heterocycles. The van der Waals surface area contributed by atoms with Crippen LogP contribution >= 0.6 is 11.3 Å². The fraction of sp³-hybridized carbons (Fsp3) is 0.300. The largest absolute Gasteiger partial charge is 0.345 e. The van der Waals surface area contributed by atoms with Crippen LogP contribution in [0.15, 0.2) is 36.4 Å². The highest BCUT2D eigenvalue weighted by molar-refractivity contribution is 7.22. The quantitative estimate of drug-likeness (QED) is 0.685. The van der Waals surface area contributed by atoms with E-state index in [0.717, 1.165) is 23.7 Å². The molecular formula is C20H20FN3OS. The summed E-state index contributed by atoms with van der Waals surface area (Å²) < 4.78 is 14.3. The molecule has 1 fully saturated rings. The Hall–Kier alpha value is -2.47. The van der Waals surface area contributed by atoms with Crippen molar-refractivity contribution in [2.45, 2.75) is 13.8 Å². The van der Waals surface area contributed by atoms with E-state index in [1.165, 1.54) is 28.0 Å². The van der Waals surface area contributed by atoms with Gasteiger partial charge in [-0.05, 0) is 55.3 Å². The number of piperazine rings is 1. The van der Waals surface area contributed by atoms with Gasteiger partial charge in [-0.3, -0.25) is 4.79 Å². The van der Waals surface area contributed by atoms with E-state index in [9.17, 15) is 9.18 Å². The molecule has 4 rings (SSSR count). The molecule has 2 aromatic carbocycles. The molecule has 0 atom stereocenters. The number of hydrogen-bond acceptors (Lipinski definition) is 4. The van der Waals surface area contributed by atoms with Gasteiger partial charge in [0.05, 0.1) is 10.2 Å². The lowest BCUT2D eigenvalue weighted by Crippen LogP contribution is -2.48. The van der Waals surface area contributed by atoms with E-state index < -0.39 is 0 Å². The van der Waals surface area contributed by atoms with Gasteiger partial charge in [0, 0.05) is 31.7 Å². The van der Waals surface area contributed by atoms with Gasteiger partial charge in [-0.2, -0.15) is 0 Å². The van der Waals surface area contributed by atoms with Gasteiger partial charge in [-0.15, -0.1) is 0 Å². The first kappa shape index (κ1) is 17.0. The number of rotatable bonds is 2. The number of aryl methyl sites for hydroxylation is 2. The summed E-state index contributed by atoms with van der Waals surface area (Å²) in [6.45, 7) is 7.01. The average Bonchev–Trinajstić information content (AvgIpc) is 3.06. The second-order valence-corrected chi connectivity index (χ2v) is 7.69. The van der Waals surface area contributed by atoms with E-state index in [0.29, 0.717) is 18.7 Å². The van der Waals surface area contributed by atoms with Crippen molar-refractivity contribution in [3.63, 3.8) is 0 Å². The number of hydrogen-bond donors (Lipinski definition) is 0. The van der Waals surface area contributed by atoms with Crippen LogP contribution in [0.25, 0.3) is 10.2 Å². The van der Waals surface area contributed by atoms with E-state index in [4.69, 9.17) is 4.98 Å². The van der Waals surface area contributed by atoms with E-state index in [1.54, 1.807) is 23.5 Å². The lowest BCUT2D eigenvalue weighted by atomic mass is 10.1. The van der Waals surface area contributed by atoms with Crippen molar-refractivity contribution in [1.29, 1.82) is 0 Å². The molecule has 0 unspecified atom stereocenters. The summed E-state index contributed by atoms with van der Waals surface area (Å²) in [5.74, 6) is -0.367. The van der Waals surface area contributed by atoms with Crippen LogP contribution in [0.3, 0.4) is 0 Å². The molecule has 3 aromatic rings. The van der Waals surface area contributed by atoms with Crippen molar-refractivity contribution in [2.75, 3.05) is 31.1 Å². The van der Waals surface area contributed by atoms with Crippen LogP contribution in [0, 0.1) is 19.7 Å². The van der Waals surface area contributed by atoms with E-state index >= 15 is 0 Å². The maximum atomic E-state index is 13.0.